The quantitative estimate of drug-likeness (QED) is 0.419. The number of fused-ring (bicyclic) bond motifs is 1. The second-order valence-corrected chi connectivity index (χ2v) is 3.75. The van der Waals surface area contributed by atoms with Crippen LogP contribution in [0, 0.1) is 0 Å². The van der Waals surface area contributed by atoms with Gasteiger partial charge in [0.25, 0.3) is 0 Å². The lowest BCUT2D eigenvalue weighted by molar-refractivity contribution is -0.0282. The normalized spacial score (nSPS) is 49.2. The van der Waals surface area contributed by atoms with Gasteiger partial charge in [-0.1, -0.05) is 0 Å². The van der Waals surface area contributed by atoms with Crippen LogP contribution in [0.1, 0.15) is 12.8 Å². The minimum Gasteiger partial charge on any atom is -0.391 e. The van der Waals surface area contributed by atoms with Crippen LogP contribution >= 0.6 is 0 Å². The molecule has 4 heteroatoms. The van der Waals surface area contributed by atoms with Crippen molar-refractivity contribution in [3.8, 4) is 0 Å². The highest BCUT2D eigenvalue weighted by Crippen LogP contribution is 2.27. The maximum absolute atomic E-state index is 9.55. The molecule has 12 heavy (non-hydrogen) atoms. The molecule has 0 bridgehead atoms. The average molecular weight is 173 g/mol. The van der Waals surface area contributed by atoms with Crippen molar-refractivity contribution in [2.24, 2.45) is 0 Å². The van der Waals surface area contributed by atoms with Crippen LogP contribution in [0.25, 0.3) is 0 Å². The van der Waals surface area contributed by atoms with Crippen molar-refractivity contribution in [1.29, 1.82) is 0 Å². The van der Waals surface area contributed by atoms with Gasteiger partial charge in [-0.3, -0.25) is 4.90 Å². The van der Waals surface area contributed by atoms with Crippen LogP contribution in [0.3, 0.4) is 0 Å². The molecule has 4 nitrogen and oxygen atoms in total. The lowest BCUT2D eigenvalue weighted by Crippen LogP contribution is -2.48. The maximum Gasteiger partial charge on any atom is 0.0991 e. The monoisotopic (exact) mass is 173 g/mol. The Kier molecular flexibility index (Phi) is 2.08. The molecule has 0 amide bonds. The van der Waals surface area contributed by atoms with E-state index in [1.54, 1.807) is 0 Å². The Morgan fingerprint density at radius 1 is 1.08 bits per heavy atom. The summed E-state index contributed by atoms with van der Waals surface area (Å²) in [5.41, 5.74) is 0. The van der Waals surface area contributed by atoms with E-state index in [-0.39, 0.29) is 6.04 Å². The summed E-state index contributed by atoms with van der Waals surface area (Å²) in [4.78, 5) is 1.98. The first-order valence-corrected chi connectivity index (χ1v) is 4.48. The van der Waals surface area contributed by atoms with Crippen molar-refractivity contribution in [3.63, 3.8) is 0 Å². The van der Waals surface area contributed by atoms with Gasteiger partial charge in [0, 0.05) is 6.54 Å². The van der Waals surface area contributed by atoms with Crippen LogP contribution in [0.5, 0.6) is 0 Å². The van der Waals surface area contributed by atoms with Crippen LogP contribution in [-0.4, -0.2) is 57.7 Å². The molecule has 4 atom stereocenters. The topological polar surface area (TPSA) is 63.9 Å². The van der Waals surface area contributed by atoms with Gasteiger partial charge in [-0.2, -0.15) is 0 Å². The number of hydrogen-bond acceptors (Lipinski definition) is 4. The predicted octanol–water partition coefficient (Wildman–Crippen LogP) is -1.45. The van der Waals surface area contributed by atoms with Crippen LogP contribution in [0.2, 0.25) is 0 Å². The van der Waals surface area contributed by atoms with Crippen LogP contribution in [0.15, 0.2) is 0 Å². The Balaban J connectivity index is 2.12. The smallest absolute Gasteiger partial charge is 0.0991 e. The van der Waals surface area contributed by atoms with Crippen molar-refractivity contribution >= 4 is 0 Å². The van der Waals surface area contributed by atoms with Crippen molar-refractivity contribution in [3.05, 3.63) is 0 Å². The minimum absolute atomic E-state index is 0.228. The standard InChI is InChI=1S/C8H15NO3/c10-5-2-1-3-9-4-6(11)8(12)7(5)9/h5-8,10-12H,1-4H2/t5-,6?,7-,8?/m1/s1. The highest BCUT2D eigenvalue weighted by molar-refractivity contribution is 4.99. The first-order valence-electron chi connectivity index (χ1n) is 4.48. The van der Waals surface area contributed by atoms with Crippen LogP contribution in [-0.2, 0) is 0 Å². The summed E-state index contributed by atoms with van der Waals surface area (Å²) in [6, 6.07) is -0.228. The highest BCUT2D eigenvalue weighted by Gasteiger charge is 2.45. The fourth-order valence-electron chi connectivity index (χ4n) is 2.30. The Morgan fingerprint density at radius 2 is 1.83 bits per heavy atom. The van der Waals surface area contributed by atoms with Crippen molar-refractivity contribution < 1.29 is 15.3 Å². The third-order valence-electron chi connectivity index (χ3n) is 2.93. The van der Waals surface area contributed by atoms with E-state index in [1.807, 2.05) is 4.90 Å². The summed E-state index contributed by atoms with van der Waals surface area (Å²) in [7, 11) is 0. The number of nitrogens with zero attached hydrogens (tertiary/aromatic N) is 1. The van der Waals surface area contributed by atoms with E-state index in [1.165, 1.54) is 0 Å². The van der Waals surface area contributed by atoms with E-state index in [0.29, 0.717) is 6.54 Å². The van der Waals surface area contributed by atoms with Crippen LogP contribution < -0.4 is 0 Å². The molecule has 0 spiro atoms. The minimum atomic E-state index is -0.764. The third kappa shape index (κ3) is 1.15. The molecular weight excluding hydrogens is 158 g/mol. The van der Waals surface area contributed by atoms with Gasteiger partial charge in [-0.25, -0.2) is 0 Å². The maximum atomic E-state index is 9.55. The van der Waals surface area contributed by atoms with Gasteiger partial charge in [-0.15, -0.1) is 0 Å². The average Bonchev–Trinajstić information content (AvgIpc) is 2.29. The van der Waals surface area contributed by atoms with Gasteiger partial charge >= 0.3 is 0 Å². The molecule has 70 valence electrons. The van der Waals surface area contributed by atoms with Gasteiger partial charge in [0.1, 0.15) is 0 Å². The number of hydrogen-bond donors (Lipinski definition) is 3. The Labute approximate surface area is 71.4 Å². The van der Waals surface area contributed by atoms with E-state index >= 15 is 0 Å². The Hall–Kier alpha value is -0.160. The second kappa shape index (κ2) is 2.96. The van der Waals surface area contributed by atoms with Crippen molar-refractivity contribution in [2.45, 2.75) is 37.2 Å². The molecule has 2 fully saturated rings. The zero-order chi connectivity index (χ0) is 8.72. The van der Waals surface area contributed by atoms with Gasteiger partial charge in [0.05, 0.1) is 24.4 Å². The predicted molar refractivity (Wildman–Crippen MR) is 42.6 cm³/mol. The molecule has 0 aliphatic carbocycles. The van der Waals surface area contributed by atoms with Crippen LogP contribution in [0.4, 0.5) is 0 Å². The number of rotatable bonds is 0. The number of aliphatic hydroxyl groups excluding tert-OH is 3. The fraction of sp³-hybridized carbons (Fsp3) is 1.00. The van der Waals surface area contributed by atoms with E-state index in [2.05, 4.69) is 0 Å². The van der Waals surface area contributed by atoms with Crippen molar-refractivity contribution in [2.75, 3.05) is 13.1 Å². The second-order valence-electron chi connectivity index (χ2n) is 3.75. The summed E-state index contributed by atoms with van der Waals surface area (Å²) in [6.07, 6.45) is -0.212. The molecule has 0 radical (unpaired) electrons. The Morgan fingerprint density at radius 3 is 2.50 bits per heavy atom. The molecule has 2 aliphatic heterocycles. The molecule has 2 rings (SSSR count). The number of aliphatic hydroxyl groups is 3. The highest BCUT2D eigenvalue weighted by atomic mass is 16.3. The molecule has 2 unspecified atom stereocenters. The lowest BCUT2D eigenvalue weighted by atomic mass is 9.97. The zero-order valence-electron chi connectivity index (χ0n) is 6.93. The lowest BCUT2D eigenvalue weighted by Gasteiger charge is -2.34. The summed E-state index contributed by atoms with van der Waals surface area (Å²) in [5, 5.41) is 28.4. The van der Waals surface area contributed by atoms with E-state index < -0.39 is 18.3 Å². The molecule has 2 heterocycles. The first kappa shape index (κ1) is 8.44. The van der Waals surface area contributed by atoms with Crippen molar-refractivity contribution in [1.82, 2.24) is 4.90 Å². The SMILES string of the molecule is OC1CN2CCC[C@@H](O)[C@@H]2C1O. The molecule has 0 aromatic heterocycles. The molecule has 0 aromatic rings. The molecule has 0 saturated carbocycles. The third-order valence-corrected chi connectivity index (χ3v) is 2.93. The summed E-state index contributed by atoms with van der Waals surface area (Å²) >= 11 is 0. The van der Waals surface area contributed by atoms with Gasteiger partial charge in [0.2, 0.25) is 0 Å². The fourth-order valence-corrected chi connectivity index (χ4v) is 2.30. The summed E-state index contributed by atoms with van der Waals surface area (Å²) in [6.45, 7) is 1.39. The zero-order valence-corrected chi connectivity index (χ0v) is 6.93. The summed E-state index contributed by atoms with van der Waals surface area (Å²) in [5.74, 6) is 0. The van der Waals surface area contributed by atoms with Gasteiger partial charge < -0.3 is 15.3 Å². The molecule has 3 N–H and O–H groups in total. The Bertz CT molecular complexity index is 176. The van der Waals surface area contributed by atoms with E-state index in [4.69, 9.17) is 0 Å². The molecule has 0 aromatic carbocycles. The van der Waals surface area contributed by atoms with Gasteiger partial charge in [0.15, 0.2) is 0 Å². The first-order chi connectivity index (χ1) is 5.70. The number of piperidine rings is 1. The van der Waals surface area contributed by atoms with Gasteiger partial charge in [-0.05, 0) is 19.4 Å². The van der Waals surface area contributed by atoms with E-state index in [0.717, 1.165) is 19.4 Å². The molecular formula is C8H15NO3. The summed E-state index contributed by atoms with van der Waals surface area (Å²) < 4.78 is 0. The molecule has 2 saturated heterocycles. The largest absolute Gasteiger partial charge is 0.391 e. The molecule has 2 aliphatic rings. The van der Waals surface area contributed by atoms with E-state index in [9.17, 15) is 15.3 Å².